The number of amides is 1. The molecule has 0 saturated heterocycles. The Labute approximate surface area is 203 Å². The van der Waals surface area contributed by atoms with Gasteiger partial charge in [-0.15, -0.1) is 11.3 Å². The predicted molar refractivity (Wildman–Crippen MR) is 131 cm³/mol. The standard InChI is InChI=1S/C22H20ClF3N4OS2/c1-2-3-4-19-30-18(12-33-19)20(31)27-13-5-7-14(8-6-13)28-21(32)29-15-9-10-17(23)16(11-15)22(24,25)26/h5-12H,2-4H2,1H3,(H,27,31)(H2,28,29,32). The molecule has 33 heavy (non-hydrogen) atoms. The summed E-state index contributed by atoms with van der Waals surface area (Å²) in [4.78, 5) is 16.7. The minimum atomic E-state index is -4.57. The highest BCUT2D eigenvalue weighted by Gasteiger charge is 2.33. The Morgan fingerprint density at radius 3 is 2.30 bits per heavy atom. The first-order valence-electron chi connectivity index (χ1n) is 9.96. The summed E-state index contributed by atoms with van der Waals surface area (Å²) in [5, 5.41) is 10.7. The minimum absolute atomic E-state index is 0.101. The van der Waals surface area contributed by atoms with Gasteiger partial charge in [-0.3, -0.25) is 4.79 Å². The quantitative estimate of drug-likeness (QED) is 0.292. The maximum atomic E-state index is 13.0. The highest BCUT2D eigenvalue weighted by Crippen LogP contribution is 2.36. The average Bonchev–Trinajstić information content (AvgIpc) is 3.23. The van der Waals surface area contributed by atoms with Gasteiger partial charge < -0.3 is 16.0 Å². The number of anilines is 3. The van der Waals surface area contributed by atoms with E-state index >= 15 is 0 Å². The van der Waals surface area contributed by atoms with E-state index in [1.807, 2.05) is 0 Å². The lowest BCUT2D eigenvalue weighted by molar-refractivity contribution is -0.137. The van der Waals surface area contributed by atoms with Crippen molar-refractivity contribution in [3.8, 4) is 0 Å². The number of carbonyl (C=O) groups is 1. The van der Waals surface area contributed by atoms with Crippen molar-refractivity contribution in [3.63, 3.8) is 0 Å². The second-order valence-corrected chi connectivity index (χ2v) is 8.79. The number of nitrogens with one attached hydrogen (secondary N) is 3. The van der Waals surface area contributed by atoms with Gasteiger partial charge in [0.25, 0.3) is 5.91 Å². The van der Waals surface area contributed by atoms with Crippen LogP contribution in [0.2, 0.25) is 5.02 Å². The lowest BCUT2D eigenvalue weighted by Gasteiger charge is -2.14. The third kappa shape index (κ3) is 7.15. The van der Waals surface area contributed by atoms with Crippen LogP contribution < -0.4 is 16.0 Å². The van der Waals surface area contributed by atoms with Gasteiger partial charge in [0.2, 0.25) is 0 Å². The van der Waals surface area contributed by atoms with Crippen LogP contribution in [0.4, 0.5) is 30.2 Å². The molecular weight excluding hydrogens is 493 g/mol. The number of thiocarbonyl (C=S) groups is 1. The summed E-state index contributed by atoms with van der Waals surface area (Å²) in [5.41, 5.74) is 0.732. The van der Waals surface area contributed by atoms with Crippen LogP contribution in [-0.2, 0) is 12.6 Å². The van der Waals surface area contributed by atoms with Crippen LogP contribution >= 0.6 is 35.2 Å². The van der Waals surface area contributed by atoms with E-state index in [-0.39, 0.29) is 21.7 Å². The van der Waals surface area contributed by atoms with Crippen molar-refractivity contribution in [2.45, 2.75) is 32.4 Å². The second kappa shape index (κ2) is 11.0. The van der Waals surface area contributed by atoms with E-state index in [1.165, 1.54) is 17.4 Å². The summed E-state index contributed by atoms with van der Waals surface area (Å²) in [6.45, 7) is 2.10. The van der Waals surface area contributed by atoms with E-state index in [2.05, 4.69) is 27.9 Å². The van der Waals surface area contributed by atoms with Crippen LogP contribution in [0.1, 0.15) is 40.8 Å². The van der Waals surface area contributed by atoms with Crippen molar-refractivity contribution in [1.29, 1.82) is 0 Å². The summed E-state index contributed by atoms with van der Waals surface area (Å²) in [5.74, 6) is -0.296. The van der Waals surface area contributed by atoms with Gasteiger partial charge in [-0.2, -0.15) is 13.2 Å². The zero-order valence-corrected chi connectivity index (χ0v) is 19.8. The molecule has 0 aliphatic heterocycles. The van der Waals surface area contributed by atoms with Gasteiger partial charge in [-0.1, -0.05) is 24.9 Å². The normalized spacial score (nSPS) is 11.2. The molecule has 0 radical (unpaired) electrons. The number of thiazole rings is 1. The maximum absolute atomic E-state index is 13.0. The Morgan fingerprint density at radius 1 is 1.06 bits per heavy atom. The van der Waals surface area contributed by atoms with Gasteiger partial charge in [0.1, 0.15) is 5.69 Å². The van der Waals surface area contributed by atoms with E-state index < -0.39 is 11.7 Å². The van der Waals surface area contributed by atoms with Crippen LogP contribution in [-0.4, -0.2) is 16.0 Å². The van der Waals surface area contributed by atoms with E-state index in [9.17, 15) is 18.0 Å². The smallest absolute Gasteiger partial charge is 0.332 e. The van der Waals surface area contributed by atoms with E-state index in [0.29, 0.717) is 17.1 Å². The summed E-state index contributed by atoms with van der Waals surface area (Å²) >= 11 is 12.3. The first-order chi connectivity index (χ1) is 15.7. The molecule has 2 aromatic carbocycles. The number of alkyl halides is 3. The topological polar surface area (TPSA) is 66.0 Å². The molecule has 3 N–H and O–H groups in total. The molecule has 0 aliphatic carbocycles. The number of hydrogen-bond acceptors (Lipinski definition) is 4. The summed E-state index contributed by atoms with van der Waals surface area (Å²) in [6.07, 6.45) is -1.62. The number of carbonyl (C=O) groups excluding carboxylic acids is 1. The first-order valence-corrected chi connectivity index (χ1v) is 11.6. The molecule has 1 aromatic heterocycles. The Hall–Kier alpha value is -2.69. The average molecular weight is 513 g/mol. The van der Waals surface area contributed by atoms with Gasteiger partial charge >= 0.3 is 6.18 Å². The molecule has 0 unspecified atom stereocenters. The van der Waals surface area contributed by atoms with Gasteiger partial charge in [0.05, 0.1) is 15.6 Å². The SMILES string of the molecule is CCCCc1nc(C(=O)Nc2ccc(NC(=S)Nc3ccc(Cl)c(C(F)(F)F)c3)cc2)cs1. The number of nitrogens with zero attached hydrogens (tertiary/aromatic N) is 1. The zero-order valence-electron chi connectivity index (χ0n) is 17.4. The molecule has 1 heterocycles. The summed E-state index contributed by atoms with van der Waals surface area (Å²) < 4.78 is 39.0. The van der Waals surface area contributed by atoms with Crippen molar-refractivity contribution in [2.24, 2.45) is 0 Å². The molecule has 0 atom stereocenters. The number of hydrogen-bond donors (Lipinski definition) is 3. The predicted octanol–water partition coefficient (Wildman–Crippen LogP) is 7.22. The van der Waals surface area contributed by atoms with Crippen LogP contribution in [0.25, 0.3) is 0 Å². The number of benzene rings is 2. The van der Waals surface area contributed by atoms with Crippen LogP contribution in [0, 0.1) is 0 Å². The molecule has 3 rings (SSSR count). The largest absolute Gasteiger partial charge is 0.417 e. The fraction of sp³-hybridized carbons (Fsp3) is 0.227. The minimum Gasteiger partial charge on any atom is -0.332 e. The number of aryl methyl sites for hydroxylation is 1. The van der Waals surface area contributed by atoms with Gasteiger partial charge in [-0.25, -0.2) is 4.98 Å². The number of aromatic nitrogens is 1. The van der Waals surface area contributed by atoms with E-state index in [0.717, 1.165) is 36.4 Å². The fourth-order valence-electron chi connectivity index (χ4n) is 2.80. The van der Waals surface area contributed by atoms with Crippen molar-refractivity contribution in [2.75, 3.05) is 16.0 Å². The van der Waals surface area contributed by atoms with E-state index in [4.69, 9.17) is 23.8 Å². The Bertz CT molecular complexity index is 1130. The van der Waals surface area contributed by atoms with E-state index in [1.54, 1.807) is 29.6 Å². The molecule has 3 aromatic rings. The summed E-state index contributed by atoms with van der Waals surface area (Å²) in [6, 6.07) is 10.2. The molecule has 11 heteroatoms. The molecule has 0 bridgehead atoms. The maximum Gasteiger partial charge on any atom is 0.417 e. The summed E-state index contributed by atoms with van der Waals surface area (Å²) in [7, 11) is 0. The zero-order chi connectivity index (χ0) is 24.0. The van der Waals surface area contributed by atoms with Crippen LogP contribution in [0.15, 0.2) is 47.8 Å². The highest BCUT2D eigenvalue weighted by atomic mass is 35.5. The monoisotopic (exact) mass is 512 g/mol. The van der Waals surface area contributed by atoms with Gasteiger partial charge in [0, 0.05) is 22.4 Å². The van der Waals surface area contributed by atoms with Gasteiger partial charge in [-0.05, 0) is 67.5 Å². The lowest BCUT2D eigenvalue weighted by atomic mass is 10.2. The first kappa shape index (κ1) is 24.9. The molecule has 5 nitrogen and oxygen atoms in total. The number of rotatable bonds is 7. The van der Waals surface area contributed by atoms with Gasteiger partial charge in [0.15, 0.2) is 5.11 Å². The third-order valence-electron chi connectivity index (χ3n) is 4.46. The molecule has 174 valence electrons. The number of unbranched alkanes of at least 4 members (excludes halogenated alkanes) is 1. The third-order valence-corrected chi connectivity index (χ3v) is 5.90. The fourth-order valence-corrected chi connectivity index (χ4v) is 4.08. The second-order valence-electron chi connectivity index (χ2n) is 7.03. The molecular formula is C22H20ClF3N4OS2. The van der Waals surface area contributed by atoms with Crippen molar-refractivity contribution in [1.82, 2.24) is 4.98 Å². The van der Waals surface area contributed by atoms with Crippen LogP contribution in [0.5, 0.6) is 0 Å². The molecule has 0 spiro atoms. The molecule has 1 amide bonds. The Kier molecular flexibility index (Phi) is 8.28. The molecule has 0 saturated carbocycles. The van der Waals surface area contributed by atoms with Crippen molar-refractivity contribution < 1.29 is 18.0 Å². The molecule has 0 fully saturated rings. The Balaban J connectivity index is 1.56. The number of halogens is 4. The Morgan fingerprint density at radius 2 is 1.67 bits per heavy atom. The van der Waals surface area contributed by atoms with Crippen LogP contribution in [0.3, 0.4) is 0 Å². The lowest BCUT2D eigenvalue weighted by Crippen LogP contribution is -2.19. The molecule has 0 aliphatic rings. The van der Waals surface area contributed by atoms with Crippen molar-refractivity contribution >= 4 is 63.2 Å². The highest BCUT2D eigenvalue weighted by molar-refractivity contribution is 7.80. The van der Waals surface area contributed by atoms with Crippen molar-refractivity contribution in [3.05, 3.63) is 69.1 Å².